The summed E-state index contributed by atoms with van der Waals surface area (Å²) in [5.74, 6) is -0.0635. The van der Waals surface area contributed by atoms with Crippen LogP contribution in [0, 0.1) is 0 Å². The van der Waals surface area contributed by atoms with Crippen LogP contribution in [0.15, 0.2) is 10.2 Å². The van der Waals surface area contributed by atoms with E-state index in [-0.39, 0.29) is 11.5 Å². The fourth-order valence-corrected chi connectivity index (χ4v) is 4.14. The van der Waals surface area contributed by atoms with Gasteiger partial charge < -0.3 is 9.88 Å². The van der Waals surface area contributed by atoms with Crippen LogP contribution in [-0.2, 0) is 11.8 Å². The van der Waals surface area contributed by atoms with Crippen LogP contribution in [0.3, 0.4) is 0 Å². The first-order chi connectivity index (χ1) is 8.65. The summed E-state index contributed by atoms with van der Waals surface area (Å²) in [4.78, 5) is 24.6. The molecule has 1 amide bonds. The minimum absolute atomic E-state index is 0.0635. The van der Waals surface area contributed by atoms with E-state index in [1.165, 1.54) is 10.3 Å². The molecule has 98 valence electrons. The number of aromatic nitrogens is 1. The smallest absolute Gasteiger partial charge is 0.276 e. The number of nitrogens with one attached hydrogen (secondary N) is 1. The Morgan fingerprint density at radius 3 is 2.94 bits per heavy atom. The molecule has 2 rings (SSSR count). The van der Waals surface area contributed by atoms with E-state index >= 15 is 0 Å². The lowest BCUT2D eigenvalue weighted by Gasteiger charge is -2.02. The van der Waals surface area contributed by atoms with Gasteiger partial charge in [0, 0.05) is 18.8 Å². The molecule has 18 heavy (non-hydrogen) atoms. The highest BCUT2D eigenvalue weighted by Crippen LogP contribution is 2.36. The predicted molar refractivity (Wildman–Crippen MR) is 76.8 cm³/mol. The highest BCUT2D eigenvalue weighted by molar-refractivity contribution is 7.70. The third-order valence-corrected chi connectivity index (χ3v) is 4.98. The lowest BCUT2D eigenvalue weighted by Crippen LogP contribution is -2.19. The van der Waals surface area contributed by atoms with Crippen LogP contribution in [0.2, 0.25) is 0 Å². The molecule has 0 aromatic heterocycles. The van der Waals surface area contributed by atoms with E-state index in [4.69, 9.17) is 0 Å². The number of nitrogens with zero attached hydrogens (tertiary/aromatic N) is 1. The van der Waals surface area contributed by atoms with Crippen molar-refractivity contribution in [2.24, 2.45) is 7.05 Å². The zero-order valence-electron chi connectivity index (χ0n) is 10.5. The first-order valence-corrected chi connectivity index (χ1v) is 8.22. The quantitative estimate of drug-likeness (QED) is 0.677. The Balaban J connectivity index is 2.12. The van der Waals surface area contributed by atoms with Crippen molar-refractivity contribution in [2.45, 2.75) is 32.6 Å². The number of hydrogen-bond acceptors (Lipinski definition) is 4. The van der Waals surface area contributed by atoms with Crippen LogP contribution in [-0.4, -0.2) is 10.5 Å². The van der Waals surface area contributed by atoms with Crippen LogP contribution in [0.5, 0.6) is 0 Å². The molecule has 0 bridgehead atoms. The normalized spacial score (nSPS) is 11.0. The van der Waals surface area contributed by atoms with Crippen molar-refractivity contribution < 1.29 is 4.79 Å². The average Bonchev–Trinajstić information content (AvgIpc) is 2.90. The van der Waals surface area contributed by atoms with Gasteiger partial charge in [-0.05, 0) is 6.42 Å². The summed E-state index contributed by atoms with van der Waals surface area (Å²) in [6, 6.07) is 0. The van der Waals surface area contributed by atoms with E-state index in [1.54, 1.807) is 22.0 Å². The standard InChI is InChI=1S/C12H16N2O2S2/c1-3-4-5-6-9(15)13-10-11-8(7-17-18-11)14(2)12(10)16/h7H,3-6H2,1-2H3,(H,13,15). The lowest BCUT2D eigenvalue weighted by atomic mass is 10.2. The Hall–Kier alpha value is -1.14. The Bertz CT molecular complexity index is 567. The molecule has 0 atom stereocenters. The molecule has 0 saturated heterocycles. The number of carbonyl (C=O) groups is 1. The molecular formula is C12H16N2O2S2. The van der Waals surface area contributed by atoms with Crippen molar-refractivity contribution in [2.75, 3.05) is 5.32 Å². The van der Waals surface area contributed by atoms with Gasteiger partial charge in [-0.25, -0.2) is 0 Å². The summed E-state index contributed by atoms with van der Waals surface area (Å²) >= 11 is 0. The van der Waals surface area contributed by atoms with E-state index in [1.807, 2.05) is 5.38 Å². The maximum atomic E-state index is 12.0. The van der Waals surface area contributed by atoms with Crippen LogP contribution in [0.4, 0.5) is 5.69 Å². The maximum Gasteiger partial charge on any atom is 0.276 e. The van der Waals surface area contributed by atoms with Gasteiger partial charge in [0.05, 0.1) is 10.6 Å². The average molecular weight is 284 g/mol. The molecule has 6 heteroatoms. The highest BCUT2D eigenvalue weighted by atomic mass is 32.9. The Kier molecular flexibility index (Phi) is 4.19. The minimum Gasteiger partial charge on any atom is -0.320 e. The van der Waals surface area contributed by atoms with Gasteiger partial charge in [-0.2, -0.15) is 0 Å². The second-order valence-corrected chi connectivity index (χ2v) is 6.34. The largest absolute Gasteiger partial charge is 0.320 e. The van der Waals surface area contributed by atoms with Crippen molar-refractivity contribution in [3.05, 3.63) is 15.7 Å². The van der Waals surface area contributed by atoms with Crippen molar-refractivity contribution in [1.29, 1.82) is 0 Å². The summed E-state index contributed by atoms with van der Waals surface area (Å²) in [5.41, 5.74) is 1.23. The third kappa shape index (κ3) is 2.49. The molecule has 0 aliphatic carbocycles. The summed E-state index contributed by atoms with van der Waals surface area (Å²) in [6.07, 6.45) is 3.49. The van der Waals surface area contributed by atoms with Crippen molar-refractivity contribution in [1.82, 2.24) is 4.57 Å². The maximum absolute atomic E-state index is 12.0. The number of carbonyl (C=O) groups excluding carboxylic acids is 1. The molecule has 1 N–H and O–H groups in total. The van der Waals surface area contributed by atoms with Crippen molar-refractivity contribution in [3.63, 3.8) is 0 Å². The number of rotatable bonds is 5. The summed E-state index contributed by atoms with van der Waals surface area (Å²) < 4.78 is 1.59. The zero-order chi connectivity index (χ0) is 13.1. The second kappa shape index (κ2) is 5.67. The Morgan fingerprint density at radius 2 is 2.22 bits per heavy atom. The molecule has 0 saturated carbocycles. The number of anilines is 1. The lowest BCUT2D eigenvalue weighted by molar-refractivity contribution is -0.116. The minimum atomic E-state index is -0.118. The second-order valence-electron chi connectivity index (χ2n) is 4.26. The van der Waals surface area contributed by atoms with E-state index in [2.05, 4.69) is 12.2 Å². The van der Waals surface area contributed by atoms with Crippen LogP contribution < -0.4 is 10.9 Å². The van der Waals surface area contributed by atoms with Gasteiger partial charge in [-0.15, -0.1) is 0 Å². The van der Waals surface area contributed by atoms with Crippen LogP contribution >= 0.6 is 20.7 Å². The number of unbranched alkanes of at least 4 members (excludes halogenated alkanes) is 2. The first kappa shape index (κ1) is 13.3. The zero-order valence-corrected chi connectivity index (χ0v) is 12.1. The number of amides is 1. The predicted octanol–water partition coefficient (Wildman–Crippen LogP) is 3.13. The third-order valence-electron chi connectivity index (χ3n) is 2.90. The van der Waals surface area contributed by atoms with E-state index in [0.29, 0.717) is 12.1 Å². The Morgan fingerprint density at radius 1 is 1.44 bits per heavy atom. The van der Waals surface area contributed by atoms with Crippen molar-refractivity contribution >= 4 is 32.3 Å². The summed E-state index contributed by atoms with van der Waals surface area (Å²) in [7, 11) is 4.83. The monoisotopic (exact) mass is 284 g/mol. The number of hydrogen-bond donors (Lipinski definition) is 1. The molecular weight excluding hydrogens is 268 g/mol. The molecule has 0 unspecified atom stereocenters. The molecule has 0 fully saturated rings. The van der Waals surface area contributed by atoms with Gasteiger partial charge in [0.1, 0.15) is 5.69 Å². The van der Waals surface area contributed by atoms with Gasteiger partial charge in [0.15, 0.2) is 0 Å². The van der Waals surface area contributed by atoms with Crippen LogP contribution in [0.25, 0.3) is 10.6 Å². The molecule has 2 aliphatic rings. The topological polar surface area (TPSA) is 51.1 Å². The van der Waals surface area contributed by atoms with Gasteiger partial charge in [-0.3, -0.25) is 9.59 Å². The van der Waals surface area contributed by atoms with E-state index in [9.17, 15) is 9.59 Å². The Labute approximate surface area is 113 Å². The first-order valence-electron chi connectivity index (χ1n) is 6.01. The molecule has 0 aromatic carbocycles. The highest BCUT2D eigenvalue weighted by Gasteiger charge is 2.21. The molecule has 0 radical (unpaired) electrons. The van der Waals surface area contributed by atoms with Gasteiger partial charge >= 0.3 is 0 Å². The molecule has 0 aromatic rings. The molecule has 2 aliphatic heterocycles. The fourth-order valence-electron chi connectivity index (χ4n) is 1.84. The number of fused-ring (bicyclic) bond motifs is 1. The van der Waals surface area contributed by atoms with Gasteiger partial charge in [-0.1, -0.05) is 40.4 Å². The summed E-state index contributed by atoms with van der Waals surface area (Å²) in [6.45, 7) is 2.10. The fraction of sp³-hybridized carbons (Fsp3) is 0.500. The van der Waals surface area contributed by atoms with E-state index < -0.39 is 0 Å². The van der Waals surface area contributed by atoms with Crippen LogP contribution in [0.1, 0.15) is 32.6 Å². The van der Waals surface area contributed by atoms with Crippen molar-refractivity contribution in [3.8, 4) is 10.6 Å². The molecule has 2 heterocycles. The molecule has 4 nitrogen and oxygen atoms in total. The van der Waals surface area contributed by atoms with E-state index in [0.717, 1.165) is 29.8 Å². The SMILES string of the molecule is CCCCCC(=O)Nc1c2sscc-2n(C)c1=O. The van der Waals surface area contributed by atoms with Gasteiger partial charge in [0.2, 0.25) is 5.91 Å². The molecule has 0 spiro atoms. The van der Waals surface area contributed by atoms with Gasteiger partial charge in [0.25, 0.3) is 5.56 Å². The summed E-state index contributed by atoms with van der Waals surface area (Å²) in [5, 5.41) is 4.70.